The zero-order valence-corrected chi connectivity index (χ0v) is 4.99. The highest BCUT2D eigenvalue weighted by Gasteiger charge is 1.83. The van der Waals surface area contributed by atoms with Crippen LogP contribution in [0.3, 0.4) is 0 Å². The number of hydrogen-bond acceptors (Lipinski definition) is 0. The third-order valence-electron chi connectivity index (χ3n) is 1.44. The van der Waals surface area contributed by atoms with Crippen molar-refractivity contribution in [2.24, 2.45) is 0 Å². The first-order valence-electron chi connectivity index (χ1n) is 2.98. The van der Waals surface area contributed by atoms with E-state index in [1.807, 2.05) is 30.6 Å². The number of fused-ring (bicyclic) bond motifs is 1. The van der Waals surface area contributed by atoms with E-state index in [2.05, 4.69) is 16.5 Å². The van der Waals surface area contributed by atoms with Crippen LogP contribution >= 0.6 is 0 Å². The van der Waals surface area contributed by atoms with E-state index in [1.165, 1.54) is 5.52 Å². The van der Waals surface area contributed by atoms with Crippen molar-refractivity contribution in [2.45, 2.75) is 0 Å². The molecular weight excluding hydrogens is 138 g/mol. The Bertz CT molecular complexity index is 283. The molecule has 0 spiro atoms. The van der Waals surface area contributed by atoms with Gasteiger partial charge in [0.2, 0.25) is 0 Å². The van der Waals surface area contributed by atoms with Gasteiger partial charge >= 0.3 is 0 Å². The fourth-order valence-corrected chi connectivity index (χ4v) is 0.980. The molecule has 0 aliphatic carbocycles. The van der Waals surface area contributed by atoms with Gasteiger partial charge in [-0.25, -0.2) is 0 Å². The molecule has 0 amide bonds. The van der Waals surface area contributed by atoms with Crippen LogP contribution in [-0.4, -0.2) is 15.4 Å². The average Bonchev–Trinajstić information content (AvgIpc) is 2.33. The van der Waals surface area contributed by atoms with Crippen LogP contribution in [0.15, 0.2) is 42.7 Å². The van der Waals surface area contributed by atoms with Gasteiger partial charge in [0, 0.05) is 17.9 Å². The van der Waals surface area contributed by atoms with Crippen LogP contribution in [0.2, 0.25) is 0 Å². The predicted molar refractivity (Wildman–Crippen MR) is 48.7 cm³/mol. The van der Waals surface area contributed by atoms with Crippen molar-refractivity contribution >= 4 is 16.5 Å². The smallest absolute Gasteiger partial charge is 0.0449 e. The third kappa shape index (κ3) is 0.976. The summed E-state index contributed by atoms with van der Waals surface area (Å²) in [5.74, 6) is 0. The summed E-state index contributed by atoms with van der Waals surface area (Å²) in [4.78, 5) is 0. The lowest BCUT2D eigenvalue weighted by molar-refractivity contribution is 1.20. The molecule has 2 heterocycles. The molecule has 0 saturated heterocycles. The van der Waals surface area contributed by atoms with E-state index < -0.39 is 0 Å². The SMILES string of the molecule is [SiH4].c1ccn2cccc2c1. The van der Waals surface area contributed by atoms with E-state index in [0.29, 0.717) is 0 Å². The van der Waals surface area contributed by atoms with Crippen molar-refractivity contribution in [3.63, 3.8) is 0 Å². The van der Waals surface area contributed by atoms with Gasteiger partial charge in [0.15, 0.2) is 0 Å². The van der Waals surface area contributed by atoms with Crippen molar-refractivity contribution in [3.8, 4) is 0 Å². The molecule has 1 nitrogen and oxygen atoms in total. The first-order chi connectivity index (χ1) is 4.47. The Hall–Kier alpha value is -1.02. The fraction of sp³-hybridized carbons (Fsp3) is 0. The molecular formula is C8H11NSi. The quantitative estimate of drug-likeness (QED) is 0.480. The van der Waals surface area contributed by atoms with E-state index in [-0.39, 0.29) is 11.0 Å². The highest BCUT2D eigenvalue weighted by Crippen LogP contribution is 2.01. The minimum absolute atomic E-state index is 0. The summed E-state index contributed by atoms with van der Waals surface area (Å²) in [5.41, 5.74) is 1.25. The summed E-state index contributed by atoms with van der Waals surface area (Å²) < 4.78 is 2.08. The number of aromatic nitrogens is 1. The van der Waals surface area contributed by atoms with Crippen LogP contribution in [0.1, 0.15) is 0 Å². The molecule has 0 aliphatic rings. The molecule has 0 N–H and O–H groups in total. The lowest BCUT2D eigenvalue weighted by Crippen LogP contribution is -1.75. The molecule has 2 heteroatoms. The Morgan fingerprint density at radius 2 is 1.60 bits per heavy atom. The lowest BCUT2D eigenvalue weighted by Gasteiger charge is -1.88. The van der Waals surface area contributed by atoms with Gasteiger partial charge in [-0.3, -0.25) is 0 Å². The Balaban J connectivity index is 0.000000500. The van der Waals surface area contributed by atoms with Crippen LogP contribution in [0, 0.1) is 0 Å². The van der Waals surface area contributed by atoms with Crippen LogP contribution in [0.25, 0.3) is 5.52 Å². The molecule has 2 aromatic heterocycles. The highest BCUT2D eigenvalue weighted by molar-refractivity contribution is 5.75. The number of hydrogen-bond donors (Lipinski definition) is 0. The molecule has 0 atom stereocenters. The van der Waals surface area contributed by atoms with E-state index in [0.717, 1.165) is 0 Å². The van der Waals surface area contributed by atoms with E-state index in [4.69, 9.17) is 0 Å². The van der Waals surface area contributed by atoms with Crippen molar-refractivity contribution in [3.05, 3.63) is 42.7 Å². The maximum Gasteiger partial charge on any atom is 0.0449 e. The molecule has 0 radical (unpaired) electrons. The average molecular weight is 149 g/mol. The number of nitrogens with zero attached hydrogens (tertiary/aromatic N) is 1. The second-order valence-corrected chi connectivity index (χ2v) is 2.04. The molecule has 10 heavy (non-hydrogen) atoms. The summed E-state index contributed by atoms with van der Waals surface area (Å²) in [6.45, 7) is 0. The first kappa shape index (κ1) is 7.09. The van der Waals surface area contributed by atoms with Crippen molar-refractivity contribution < 1.29 is 0 Å². The first-order valence-corrected chi connectivity index (χ1v) is 2.98. The van der Waals surface area contributed by atoms with E-state index >= 15 is 0 Å². The molecule has 0 aliphatic heterocycles. The molecule has 0 saturated carbocycles. The second kappa shape index (κ2) is 2.71. The molecule has 0 bridgehead atoms. The monoisotopic (exact) mass is 149 g/mol. The summed E-state index contributed by atoms with van der Waals surface area (Å²) in [6, 6.07) is 10.3. The largest absolute Gasteiger partial charge is 0.324 e. The van der Waals surface area contributed by atoms with Gasteiger partial charge in [-0.05, 0) is 35.2 Å². The Morgan fingerprint density at radius 1 is 0.900 bits per heavy atom. The van der Waals surface area contributed by atoms with Crippen molar-refractivity contribution in [2.75, 3.05) is 0 Å². The lowest BCUT2D eigenvalue weighted by atomic mass is 10.4. The fourth-order valence-electron chi connectivity index (χ4n) is 0.980. The molecule has 0 fully saturated rings. The van der Waals surface area contributed by atoms with Crippen LogP contribution in [0.4, 0.5) is 0 Å². The minimum Gasteiger partial charge on any atom is -0.324 e. The van der Waals surface area contributed by atoms with Gasteiger partial charge in [0.25, 0.3) is 0 Å². The molecule has 0 unspecified atom stereocenters. The van der Waals surface area contributed by atoms with Gasteiger partial charge in [0.05, 0.1) is 0 Å². The van der Waals surface area contributed by atoms with Gasteiger partial charge in [-0.15, -0.1) is 0 Å². The Labute approximate surface area is 64.3 Å². The summed E-state index contributed by atoms with van der Waals surface area (Å²) in [7, 11) is 0. The number of rotatable bonds is 0. The molecule has 2 rings (SSSR count). The Kier molecular flexibility index (Phi) is 1.92. The normalized spacial score (nSPS) is 9.20. The minimum atomic E-state index is 0. The highest BCUT2D eigenvalue weighted by atomic mass is 28.1. The maximum atomic E-state index is 2.08. The Morgan fingerprint density at radius 3 is 2.40 bits per heavy atom. The number of pyridine rings is 1. The van der Waals surface area contributed by atoms with Gasteiger partial charge in [-0.1, -0.05) is 6.07 Å². The predicted octanol–water partition coefficient (Wildman–Crippen LogP) is 0.488. The van der Waals surface area contributed by atoms with E-state index in [1.54, 1.807) is 0 Å². The summed E-state index contributed by atoms with van der Waals surface area (Å²) >= 11 is 0. The second-order valence-electron chi connectivity index (χ2n) is 2.04. The van der Waals surface area contributed by atoms with Gasteiger partial charge in [0.1, 0.15) is 0 Å². The van der Waals surface area contributed by atoms with E-state index in [9.17, 15) is 0 Å². The topological polar surface area (TPSA) is 4.41 Å². The van der Waals surface area contributed by atoms with Crippen LogP contribution in [0.5, 0.6) is 0 Å². The molecule has 2 aromatic rings. The molecule has 0 aromatic carbocycles. The third-order valence-corrected chi connectivity index (χ3v) is 1.44. The maximum absolute atomic E-state index is 2.08. The summed E-state index contributed by atoms with van der Waals surface area (Å²) in [6.07, 6.45) is 4.07. The van der Waals surface area contributed by atoms with Crippen LogP contribution in [-0.2, 0) is 0 Å². The van der Waals surface area contributed by atoms with Crippen LogP contribution < -0.4 is 0 Å². The van der Waals surface area contributed by atoms with Gasteiger partial charge in [-0.2, -0.15) is 0 Å². The summed E-state index contributed by atoms with van der Waals surface area (Å²) in [5, 5.41) is 0. The van der Waals surface area contributed by atoms with Crippen molar-refractivity contribution in [1.82, 2.24) is 4.40 Å². The zero-order chi connectivity index (χ0) is 6.10. The molecule has 52 valence electrons. The van der Waals surface area contributed by atoms with Crippen molar-refractivity contribution in [1.29, 1.82) is 0 Å². The van der Waals surface area contributed by atoms with Gasteiger partial charge < -0.3 is 4.40 Å². The zero-order valence-electron chi connectivity index (χ0n) is 4.99. The standard InChI is InChI=1S/C8H7N.H4Si/c1-2-6-9-7-3-5-8(9)4-1;/h1-7H;1H4.